The first-order chi connectivity index (χ1) is 13.0. The predicted molar refractivity (Wildman–Crippen MR) is 105 cm³/mol. The molecular weight excluding hydrogens is 369 g/mol. The Morgan fingerprint density at radius 2 is 2.26 bits per heavy atom. The summed E-state index contributed by atoms with van der Waals surface area (Å²) < 4.78 is 13.1. The first kappa shape index (κ1) is 21.7. The minimum Gasteiger partial charge on any atom is -0.481 e. The zero-order chi connectivity index (χ0) is 19.6. The number of likely N-dealkylation sites (tertiary alicyclic amines) is 1. The second kappa shape index (κ2) is 11.3. The van der Waals surface area contributed by atoms with Gasteiger partial charge in [0.05, 0.1) is 12.1 Å². The summed E-state index contributed by atoms with van der Waals surface area (Å²) in [4.78, 5) is 24.4. The third-order valence-electron chi connectivity index (χ3n) is 4.66. The van der Waals surface area contributed by atoms with Crippen molar-refractivity contribution in [2.45, 2.75) is 56.8 Å². The van der Waals surface area contributed by atoms with Crippen LogP contribution in [0.25, 0.3) is 0 Å². The highest BCUT2D eigenvalue weighted by molar-refractivity contribution is 7.99. The Kier molecular flexibility index (Phi) is 9.07. The molecule has 1 amide bonds. The number of halogens is 1. The molecule has 5 nitrogen and oxygen atoms in total. The second-order valence-corrected chi connectivity index (χ2v) is 8.07. The summed E-state index contributed by atoms with van der Waals surface area (Å²) in [6.45, 7) is 0.632. The van der Waals surface area contributed by atoms with Crippen molar-refractivity contribution in [1.82, 2.24) is 4.90 Å². The molecule has 1 heterocycles. The number of amides is 1. The fraction of sp³-hybridized carbons (Fsp3) is 0.600. The van der Waals surface area contributed by atoms with Gasteiger partial charge in [0.2, 0.25) is 5.91 Å². The number of carboxylic acids is 1. The molecule has 3 atom stereocenters. The Bertz CT molecular complexity index is 605. The monoisotopic (exact) mass is 397 g/mol. The lowest BCUT2D eigenvalue weighted by Gasteiger charge is -2.22. The maximum Gasteiger partial charge on any atom is 0.303 e. The molecule has 0 spiro atoms. The van der Waals surface area contributed by atoms with Crippen LogP contribution in [0.5, 0.6) is 0 Å². The van der Waals surface area contributed by atoms with Crippen molar-refractivity contribution in [2.75, 3.05) is 18.1 Å². The summed E-state index contributed by atoms with van der Waals surface area (Å²) in [5.41, 5.74) is 0.929. The van der Waals surface area contributed by atoms with Crippen molar-refractivity contribution in [1.29, 1.82) is 0 Å². The number of hydrogen-bond acceptors (Lipinski definition) is 4. The van der Waals surface area contributed by atoms with Crippen molar-refractivity contribution >= 4 is 23.6 Å². The van der Waals surface area contributed by atoms with Crippen LogP contribution in [0.2, 0.25) is 0 Å². The number of alkyl halides is 1. The van der Waals surface area contributed by atoms with E-state index in [0.717, 1.165) is 23.5 Å². The van der Waals surface area contributed by atoms with E-state index in [4.69, 9.17) is 5.11 Å². The molecular formula is C20H28FNO4S. The number of nitrogens with zero attached hydrogens (tertiary/aromatic N) is 1. The lowest BCUT2D eigenvalue weighted by Crippen LogP contribution is -2.34. The molecule has 0 saturated carbocycles. The smallest absolute Gasteiger partial charge is 0.303 e. The quantitative estimate of drug-likeness (QED) is 0.414. The molecule has 0 bridgehead atoms. The molecule has 2 rings (SSSR count). The third-order valence-corrected chi connectivity index (χ3v) is 5.70. The van der Waals surface area contributed by atoms with Crippen LogP contribution in [0.4, 0.5) is 4.39 Å². The van der Waals surface area contributed by atoms with Crippen LogP contribution in [-0.2, 0) is 9.59 Å². The highest BCUT2D eigenvalue weighted by atomic mass is 32.2. The topological polar surface area (TPSA) is 77.8 Å². The van der Waals surface area contributed by atoms with Gasteiger partial charge in [-0.05, 0) is 24.2 Å². The molecule has 0 aromatic carbocycles. The molecule has 1 aliphatic carbocycles. The molecule has 2 aliphatic rings. The van der Waals surface area contributed by atoms with Crippen molar-refractivity contribution in [2.24, 2.45) is 0 Å². The summed E-state index contributed by atoms with van der Waals surface area (Å²) in [7, 11) is 0. The Labute approximate surface area is 164 Å². The summed E-state index contributed by atoms with van der Waals surface area (Å²) in [6, 6.07) is -0.00197. The number of aliphatic carboxylic acids is 1. The number of hydrogen-bond donors (Lipinski definition) is 2. The molecule has 2 N–H and O–H groups in total. The third kappa shape index (κ3) is 7.89. The molecule has 1 fully saturated rings. The number of aliphatic hydroxyl groups is 1. The zero-order valence-corrected chi connectivity index (χ0v) is 16.2. The molecule has 0 aromatic rings. The highest BCUT2D eigenvalue weighted by Crippen LogP contribution is 2.22. The molecule has 150 valence electrons. The summed E-state index contributed by atoms with van der Waals surface area (Å²) in [6.07, 6.45) is 9.97. The molecule has 1 unspecified atom stereocenters. The first-order valence-corrected chi connectivity index (χ1v) is 10.6. The molecule has 27 heavy (non-hydrogen) atoms. The Hall–Kier alpha value is -1.60. The van der Waals surface area contributed by atoms with Gasteiger partial charge in [-0.15, -0.1) is 0 Å². The molecule has 0 aromatic heterocycles. The molecule has 1 saturated heterocycles. The zero-order valence-electron chi connectivity index (χ0n) is 15.4. The Morgan fingerprint density at radius 1 is 1.44 bits per heavy atom. The fourth-order valence-corrected chi connectivity index (χ4v) is 4.07. The van der Waals surface area contributed by atoms with Gasteiger partial charge in [0.25, 0.3) is 0 Å². The van der Waals surface area contributed by atoms with Crippen LogP contribution < -0.4 is 0 Å². The van der Waals surface area contributed by atoms with Gasteiger partial charge >= 0.3 is 5.97 Å². The fourth-order valence-electron chi connectivity index (χ4n) is 3.19. The normalized spacial score (nSPS) is 23.9. The maximum atomic E-state index is 13.1. The van der Waals surface area contributed by atoms with E-state index in [1.54, 1.807) is 23.9 Å². The van der Waals surface area contributed by atoms with Crippen LogP contribution >= 0.6 is 11.8 Å². The van der Waals surface area contributed by atoms with E-state index in [2.05, 4.69) is 0 Å². The van der Waals surface area contributed by atoms with Crippen LogP contribution in [0.15, 0.2) is 36.0 Å². The SMILES string of the molecule is O=C(O)CCCSCCN1C(=O)CC[C@@H]1/C=C/[C@@H](O)CC1=CCC(F)C=C1. The average Bonchev–Trinajstić information content (AvgIpc) is 2.98. The van der Waals surface area contributed by atoms with Crippen LogP contribution in [0.1, 0.15) is 38.5 Å². The van der Waals surface area contributed by atoms with Gasteiger partial charge in [0, 0.05) is 38.0 Å². The largest absolute Gasteiger partial charge is 0.481 e. The van der Waals surface area contributed by atoms with Crippen molar-refractivity contribution in [3.63, 3.8) is 0 Å². The van der Waals surface area contributed by atoms with E-state index in [-0.39, 0.29) is 18.4 Å². The average molecular weight is 398 g/mol. The number of allylic oxidation sites excluding steroid dienone is 3. The minimum atomic E-state index is -0.929. The molecule has 7 heteroatoms. The van der Waals surface area contributed by atoms with Crippen LogP contribution in [0, 0.1) is 0 Å². The van der Waals surface area contributed by atoms with E-state index in [0.29, 0.717) is 32.2 Å². The summed E-state index contributed by atoms with van der Waals surface area (Å²) in [5, 5.41) is 18.8. The lowest BCUT2D eigenvalue weighted by atomic mass is 10.00. The number of rotatable bonds is 11. The lowest BCUT2D eigenvalue weighted by molar-refractivity contribution is -0.137. The standard InChI is InChI=1S/C20H28FNO4S/c21-16-5-3-15(4-6-16)14-18(23)9-7-17-8-10-19(24)22(17)11-13-27-12-1-2-20(25)26/h3-5,7,9,16-18,23H,1-2,6,8,10-14H2,(H,25,26)/b9-7+/t16?,17-,18+/m0/s1. The molecule has 0 radical (unpaired) electrons. The van der Waals surface area contributed by atoms with Gasteiger partial charge in [0.15, 0.2) is 0 Å². The minimum absolute atomic E-state index is 0.00197. The van der Waals surface area contributed by atoms with Crippen LogP contribution in [0.3, 0.4) is 0 Å². The molecule has 1 aliphatic heterocycles. The van der Waals surface area contributed by atoms with Gasteiger partial charge in [-0.1, -0.05) is 30.4 Å². The number of aliphatic hydroxyl groups excluding tert-OH is 1. The number of carbonyl (C=O) groups is 2. The summed E-state index contributed by atoms with van der Waals surface area (Å²) >= 11 is 1.66. The van der Waals surface area contributed by atoms with Gasteiger partial charge in [0.1, 0.15) is 6.17 Å². The van der Waals surface area contributed by atoms with Crippen molar-refractivity contribution < 1.29 is 24.2 Å². The number of carbonyl (C=O) groups excluding carboxylic acids is 1. The van der Waals surface area contributed by atoms with Crippen molar-refractivity contribution in [3.05, 3.63) is 36.0 Å². The number of thioether (sulfide) groups is 1. The predicted octanol–water partition coefficient (Wildman–Crippen LogP) is 3.11. The van der Waals surface area contributed by atoms with Gasteiger partial charge in [-0.3, -0.25) is 9.59 Å². The van der Waals surface area contributed by atoms with E-state index in [1.165, 1.54) is 6.08 Å². The van der Waals surface area contributed by atoms with E-state index >= 15 is 0 Å². The van der Waals surface area contributed by atoms with Gasteiger partial charge < -0.3 is 15.1 Å². The van der Waals surface area contributed by atoms with E-state index in [1.807, 2.05) is 17.1 Å². The van der Waals surface area contributed by atoms with Gasteiger partial charge in [-0.25, -0.2) is 4.39 Å². The second-order valence-electron chi connectivity index (χ2n) is 6.85. The van der Waals surface area contributed by atoms with E-state index < -0.39 is 18.2 Å². The van der Waals surface area contributed by atoms with Gasteiger partial charge in [-0.2, -0.15) is 11.8 Å². The van der Waals surface area contributed by atoms with E-state index in [9.17, 15) is 19.1 Å². The first-order valence-electron chi connectivity index (χ1n) is 9.42. The van der Waals surface area contributed by atoms with Crippen molar-refractivity contribution in [3.8, 4) is 0 Å². The number of carboxylic acid groups (broad SMARTS) is 1. The maximum absolute atomic E-state index is 13.1. The summed E-state index contributed by atoms with van der Waals surface area (Å²) in [5.74, 6) is 0.895. The highest BCUT2D eigenvalue weighted by Gasteiger charge is 2.28. The Balaban J connectivity index is 1.73. The van der Waals surface area contributed by atoms with Crippen LogP contribution in [-0.4, -0.2) is 63.4 Å². The Morgan fingerprint density at radius 3 is 2.96 bits per heavy atom.